The lowest BCUT2D eigenvalue weighted by molar-refractivity contribution is 0.573. The van der Waals surface area contributed by atoms with E-state index >= 15 is 0 Å². The molecule has 0 amide bonds. The zero-order chi connectivity index (χ0) is 24.8. The topological polar surface area (TPSA) is 65.6 Å². The van der Waals surface area contributed by atoms with Crippen molar-refractivity contribution in [3.8, 4) is 0 Å². The highest BCUT2D eigenvalue weighted by atomic mass is 19.1. The van der Waals surface area contributed by atoms with E-state index in [1.807, 2.05) is 73.0 Å². The van der Waals surface area contributed by atoms with Crippen LogP contribution in [0.3, 0.4) is 0 Å². The number of hydrogen-bond donors (Lipinski definition) is 0. The number of para-hydroxylation sites is 2. The van der Waals surface area contributed by atoms with Crippen molar-refractivity contribution in [3.63, 3.8) is 0 Å². The predicted octanol–water partition coefficient (Wildman–Crippen LogP) is 5.65. The van der Waals surface area contributed by atoms with Gasteiger partial charge in [-0.25, -0.2) is 19.3 Å². The van der Waals surface area contributed by atoms with Gasteiger partial charge in [-0.1, -0.05) is 61.5 Å². The molecule has 0 N–H and O–H groups in total. The van der Waals surface area contributed by atoms with E-state index in [1.165, 1.54) is 12.1 Å². The molecule has 3 heterocycles. The van der Waals surface area contributed by atoms with Crippen molar-refractivity contribution < 1.29 is 4.39 Å². The summed E-state index contributed by atoms with van der Waals surface area (Å²) in [6, 6.07) is 23.7. The molecule has 0 spiro atoms. The molecule has 6 aromatic rings. The van der Waals surface area contributed by atoms with Crippen LogP contribution in [0.2, 0.25) is 0 Å². The van der Waals surface area contributed by atoms with Gasteiger partial charge in [0.2, 0.25) is 0 Å². The summed E-state index contributed by atoms with van der Waals surface area (Å²) in [5, 5.41) is 0.449. The van der Waals surface area contributed by atoms with Gasteiger partial charge in [0.1, 0.15) is 22.5 Å². The van der Waals surface area contributed by atoms with Gasteiger partial charge in [0, 0.05) is 6.42 Å². The van der Waals surface area contributed by atoms with Gasteiger partial charge in [0.15, 0.2) is 11.3 Å². The normalized spacial score (nSPS) is 12.5. The molecule has 0 radical (unpaired) electrons. The Labute approximate surface area is 206 Å². The van der Waals surface area contributed by atoms with Crippen LogP contribution in [0.4, 0.5) is 4.39 Å². The summed E-state index contributed by atoms with van der Waals surface area (Å²) in [6.45, 7) is 4.41. The van der Waals surface area contributed by atoms with Gasteiger partial charge in [-0.15, -0.1) is 0 Å². The van der Waals surface area contributed by atoms with Crippen LogP contribution >= 0.6 is 0 Å². The average molecular weight is 478 g/mol. The Morgan fingerprint density at radius 1 is 0.833 bits per heavy atom. The van der Waals surface area contributed by atoms with Gasteiger partial charge >= 0.3 is 0 Å². The molecule has 6 rings (SSSR count). The monoisotopic (exact) mass is 477 g/mol. The fourth-order valence-corrected chi connectivity index (χ4v) is 4.87. The van der Waals surface area contributed by atoms with Crippen LogP contribution in [0.1, 0.15) is 36.8 Å². The van der Waals surface area contributed by atoms with Crippen molar-refractivity contribution in [1.29, 1.82) is 0 Å². The van der Waals surface area contributed by atoms with Crippen LogP contribution in [0.15, 0.2) is 83.7 Å². The van der Waals surface area contributed by atoms with E-state index in [-0.39, 0.29) is 17.4 Å². The predicted molar refractivity (Wildman–Crippen MR) is 140 cm³/mol. The molecule has 3 aromatic heterocycles. The number of aromatic nitrogens is 5. The SMILES string of the molecule is CCc1nc2c(c(=O)n1[C@@H](C)c1ccccc1)c1nc3ccccc3nc1n2Cc1ccc(F)cc1. The molecule has 178 valence electrons. The van der Waals surface area contributed by atoms with E-state index in [0.717, 1.165) is 16.6 Å². The maximum absolute atomic E-state index is 14.2. The summed E-state index contributed by atoms with van der Waals surface area (Å²) >= 11 is 0. The number of hydrogen-bond acceptors (Lipinski definition) is 4. The highest BCUT2D eigenvalue weighted by Gasteiger charge is 2.24. The number of aryl methyl sites for hydroxylation is 1. The van der Waals surface area contributed by atoms with Crippen LogP contribution < -0.4 is 5.56 Å². The van der Waals surface area contributed by atoms with Crippen LogP contribution in [0.25, 0.3) is 33.2 Å². The Balaban J connectivity index is 1.69. The fourth-order valence-electron chi connectivity index (χ4n) is 4.87. The standard InChI is InChI=1S/C29H24FN5O/c1-3-24-33-27-25(29(36)35(24)18(2)20-9-5-4-6-10-20)26-28(32-23-12-8-7-11-22(23)31-26)34(27)17-19-13-15-21(30)16-14-19/h4-16,18H,3,17H2,1-2H3/t18-/m0/s1. The molecule has 0 aliphatic carbocycles. The van der Waals surface area contributed by atoms with Crippen molar-refractivity contribution in [2.75, 3.05) is 0 Å². The Kier molecular flexibility index (Phi) is 5.33. The second-order valence-electron chi connectivity index (χ2n) is 8.94. The summed E-state index contributed by atoms with van der Waals surface area (Å²) in [6.07, 6.45) is 0.587. The van der Waals surface area contributed by atoms with Crippen molar-refractivity contribution in [1.82, 2.24) is 24.1 Å². The van der Waals surface area contributed by atoms with Gasteiger partial charge in [-0.2, -0.15) is 0 Å². The second kappa shape index (κ2) is 8.68. The maximum Gasteiger partial charge on any atom is 0.265 e. The minimum atomic E-state index is -0.295. The average Bonchev–Trinajstić information content (AvgIpc) is 3.20. The molecular formula is C29H24FN5O. The summed E-state index contributed by atoms with van der Waals surface area (Å²) < 4.78 is 17.3. The highest BCUT2D eigenvalue weighted by Crippen LogP contribution is 2.28. The largest absolute Gasteiger partial charge is 0.304 e. The molecule has 6 nitrogen and oxygen atoms in total. The van der Waals surface area contributed by atoms with Crippen LogP contribution in [-0.2, 0) is 13.0 Å². The second-order valence-corrected chi connectivity index (χ2v) is 8.94. The summed E-state index contributed by atoms with van der Waals surface area (Å²) in [4.78, 5) is 29.0. The van der Waals surface area contributed by atoms with Gasteiger partial charge < -0.3 is 4.57 Å². The molecule has 0 saturated heterocycles. The van der Waals surface area contributed by atoms with E-state index in [4.69, 9.17) is 15.0 Å². The quantitative estimate of drug-likeness (QED) is 0.322. The third kappa shape index (κ3) is 3.55. The zero-order valence-corrected chi connectivity index (χ0v) is 20.0. The first kappa shape index (κ1) is 22.1. The minimum Gasteiger partial charge on any atom is -0.304 e. The van der Waals surface area contributed by atoms with E-state index in [1.54, 1.807) is 16.7 Å². The first-order chi connectivity index (χ1) is 17.5. The molecular weight excluding hydrogens is 453 g/mol. The lowest BCUT2D eigenvalue weighted by Crippen LogP contribution is -2.28. The zero-order valence-electron chi connectivity index (χ0n) is 20.0. The van der Waals surface area contributed by atoms with Crippen molar-refractivity contribution in [3.05, 3.63) is 112 Å². The highest BCUT2D eigenvalue weighted by molar-refractivity contribution is 6.04. The molecule has 0 fully saturated rings. The number of fused-ring (bicyclic) bond motifs is 4. The molecule has 0 aliphatic heterocycles. The van der Waals surface area contributed by atoms with Crippen molar-refractivity contribution in [2.24, 2.45) is 0 Å². The van der Waals surface area contributed by atoms with E-state index in [9.17, 15) is 9.18 Å². The molecule has 7 heteroatoms. The molecule has 0 bridgehead atoms. The number of benzene rings is 3. The molecule has 0 saturated carbocycles. The van der Waals surface area contributed by atoms with E-state index in [0.29, 0.717) is 46.5 Å². The molecule has 36 heavy (non-hydrogen) atoms. The third-order valence-corrected chi connectivity index (χ3v) is 6.71. The van der Waals surface area contributed by atoms with Crippen molar-refractivity contribution >= 4 is 33.2 Å². The number of nitrogens with zero attached hydrogens (tertiary/aromatic N) is 5. The first-order valence-corrected chi connectivity index (χ1v) is 12.0. The summed E-state index contributed by atoms with van der Waals surface area (Å²) in [5.41, 5.74) is 4.89. The Bertz CT molecular complexity index is 1790. The number of rotatable bonds is 5. The maximum atomic E-state index is 14.2. The van der Waals surface area contributed by atoms with E-state index in [2.05, 4.69) is 0 Å². The smallest absolute Gasteiger partial charge is 0.265 e. The van der Waals surface area contributed by atoms with Gasteiger partial charge in [-0.05, 0) is 42.3 Å². The van der Waals surface area contributed by atoms with E-state index < -0.39 is 0 Å². The molecule has 0 aliphatic rings. The fraction of sp³-hybridized carbons (Fsp3) is 0.172. The summed E-state index contributed by atoms with van der Waals surface area (Å²) in [7, 11) is 0. The van der Waals surface area contributed by atoms with Gasteiger partial charge in [0.05, 0.1) is 23.6 Å². The third-order valence-electron chi connectivity index (χ3n) is 6.71. The lowest BCUT2D eigenvalue weighted by atomic mass is 10.1. The summed E-state index contributed by atoms with van der Waals surface area (Å²) in [5.74, 6) is 0.396. The Morgan fingerprint density at radius 2 is 1.50 bits per heavy atom. The lowest BCUT2D eigenvalue weighted by Gasteiger charge is -2.19. The van der Waals surface area contributed by atoms with Gasteiger partial charge in [0.25, 0.3) is 5.56 Å². The van der Waals surface area contributed by atoms with Crippen molar-refractivity contribution in [2.45, 2.75) is 32.9 Å². The molecule has 1 atom stereocenters. The van der Waals surface area contributed by atoms with Crippen LogP contribution in [-0.4, -0.2) is 24.1 Å². The number of halogens is 1. The Hall–Kier alpha value is -4.39. The van der Waals surface area contributed by atoms with Crippen LogP contribution in [0.5, 0.6) is 0 Å². The Morgan fingerprint density at radius 3 is 2.19 bits per heavy atom. The first-order valence-electron chi connectivity index (χ1n) is 12.0. The molecule has 0 unspecified atom stereocenters. The van der Waals surface area contributed by atoms with Crippen LogP contribution in [0, 0.1) is 5.82 Å². The minimum absolute atomic E-state index is 0.138. The van der Waals surface area contributed by atoms with Gasteiger partial charge in [-0.3, -0.25) is 9.36 Å². The molecule has 3 aromatic carbocycles.